The van der Waals surface area contributed by atoms with E-state index in [0.717, 1.165) is 45.1 Å². The maximum absolute atomic E-state index is 10.8. The summed E-state index contributed by atoms with van der Waals surface area (Å²) in [6, 6.07) is 17.5. The SMILES string of the molecule is O=Cc1ccc(-c2cnc3c(-c4cnc5ccccc5c4)cnn3c2)cc1. The molecule has 3 heterocycles. The molecule has 0 aliphatic rings. The summed E-state index contributed by atoms with van der Waals surface area (Å²) in [5.74, 6) is 0. The van der Waals surface area contributed by atoms with Gasteiger partial charge in [0.2, 0.25) is 0 Å². The van der Waals surface area contributed by atoms with E-state index in [1.165, 1.54) is 0 Å². The van der Waals surface area contributed by atoms with Gasteiger partial charge >= 0.3 is 0 Å². The van der Waals surface area contributed by atoms with Crippen LogP contribution in [0.5, 0.6) is 0 Å². The van der Waals surface area contributed by atoms with E-state index < -0.39 is 0 Å². The molecule has 128 valence electrons. The van der Waals surface area contributed by atoms with Gasteiger partial charge in [-0.1, -0.05) is 42.5 Å². The van der Waals surface area contributed by atoms with Crippen molar-refractivity contribution in [3.8, 4) is 22.3 Å². The molecule has 2 aromatic carbocycles. The Kier molecular flexibility index (Phi) is 3.50. The highest BCUT2D eigenvalue weighted by Crippen LogP contribution is 2.27. The van der Waals surface area contributed by atoms with Gasteiger partial charge in [-0.3, -0.25) is 9.78 Å². The largest absolute Gasteiger partial charge is 0.298 e. The van der Waals surface area contributed by atoms with Crippen LogP contribution in [0.25, 0.3) is 38.8 Å². The highest BCUT2D eigenvalue weighted by Gasteiger charge is 2.10. The predicted octanol–water partition coefficient (Wildman–Crippen LogP) is 4.42. The third kappa shape index (κ3) is 2.66. The van der Waals surface area contributed by atoms with Crippen molar-refractivity contribution in [2.24, 2.45) is 0 Å². The number of aromatic nitrogens is 4. The van der Waals surface area contributed by atoms with Crippen LogP contribution in [-0.4, -0.2) is 25.9 Å². The van der Waals surface area contributed by atoms with Gasteiger partial charge in [0.15, 0.2) is 5.65 Å². The Morgan fingerprint density at radius 3 is 2.48 bits per heavy atom. The number of hydrogen-bond acceptors (Lipinski definition) is 4. The molecule has 0 spiro atoms. The van der Waals surface area contributed by atoms with Crippen LogP contribution in [0.1, 0.15) is 10.4 Å². The Bertz CT molecular complexity index is 1290. The normalized spacial score (nSPS) is 11.1. The first-order valence-corrected chi connectivity index (χ1v) is 8.56. The first kappa shape index (κ1) is 15.4. The lowest BCUT2D eigenvalue weighted by molar-refractivity contribution is 0.112. The van der Waals surface area contributed by atoms with Gasteiger partial charge in [-0.2, -0.15) is 5.10 Å². The second-order valence-corrected chi connectivity index (χ2v) is 6.33. The van der Waals surface area contributed by atoms with Gasteiger partial charge in [-0.15, -0.1) is 0 Å². The van der Waals surface area contributed by atoms with Crippen molar-refractivity contribution in [3.05, 3.63) is 84.9 Å². The Morgan fingerprint density at radius 1 is 0.815 bits per heavy atom. The molecule has 0 aliphatic heterocycles. The zero-order valence-corrected chi connectivity index (χ0v) is 14.3. The van der Waals surface area contributed by atoms with Crippen LogP contribution in [0.15, 0.2) is 79.4 Å². The number of rotatable bonds is 3. The summed E-state index contributed by atoms with van der Waals surface area (Å²) >= 11 is 0. The molecule has 0 radical (unpaired) electrons. The van der Waals surface area contributed by atoms with Gasteiger partial charge in [0.05, 0.1) is 11.7 Å². The van der Waals surface area contributed by atoms with Crippen molar-refractivity contribution in [2.75, 3.05) is 0 Å². The fraction of sp³-hybridized carbons (Fsp3) is 0. The van der Waals surface area contributed by atoms with Gasteiger partial charge in [-0.25, -0.2) is 9.50 Å². The van der Waals surface area contributed by atoms with Crippen molar-refractivity contribution in [2.45, 2.75) is 0 Å². The number of nitrogens with zero attached hydrogens (tertiary/aromatic N) is 4. The molecule has 0 bridgehead atoms. The Hall–Kier alpha value is -3.86. The van der Waals surface area contributed by atoms with E-state index in [0.29, 0.717) is 5.56 Å². The number of carbonyl (C=O) groups excluding carboxylic acids is 1. The monoisotopic (exact) mass is 350 g/mol. The van der Waals surface area contributed by atoms with Crippen LogP contribution in [0.3, 0.4) is 0 Å². The summed E-state index contributed by atoms with van der Waals surface area (Å²) < 4.78 is 1.77. The number of para-hydroxylation sites is 1. The molecule has 0 saturated carbocycles. The van der Waals surface area contributed by atoms with Crippen LogP contribution >= 0.6 is 0 Å². The lowest BCUT2D eigenvalue weighted by atomic mass is 10.1. The highest BCUT2D eigenvalue weighted by atomic mass is 16.1. The number of hydrogen-bond donors (Lipinski definition) is 0. The first-order chi connectivity index (χ1) is 13.3. The van der Waals surface area contributed by atoms with Gasteiger partial charge in [-0.05, 0) is 17.7 Å². The molecule has 0 unspecified atom stereocenters. The lowest BCUT2D eigenvalue weighted by Gasteiger charge is -2.04. The maximum atomic E-state index is 10.8. The summed E-state index contributed by atoms with van der Waals surface area (Å²) in [5, 5.41) is 5.55. The van der Waals surface area contributed by atoms with Crippen molar-refractivity contribution in [1.29, 1.82) is 0 Å². The number of pyridine rings is 1. The van der Waals surface area contributed by atoms with E-state index in [1.807, 2.05) is 61.2 Å². The summed E-state index contributed by atoms with van der Waals surface area (Å²) in [4.78, 5) is 20.0. The Labute approximate surface area is 154 Å². The van der Waals surface area contributed by atoms with Gasteiger partial charge in [0.1, 0.15) is 6.29 Å². The van der Waals surface area contributed by atoms with Crippen molar-refractivity contribution >= 4 is 22.8 Å². The van der Waals surface area contributed by atoms with Gasteiger partial charge < -0.3 is 0 Å². The van der Waals surface area contributed by atoms with E-state index in [-0.39, 0.29) is 0 Å². The molecule has 5 nitrogen and oxygen atoms in total. The standard InChI is InChI=1S/C22H14N4O/c27-14-15-5-7-16(8-6-15)19-11-24-22-20(12-25-26(22)13-19)18-9-17-3-1-2-4-21(17)23-10-18/h1-14H. The van der Waals surface area contributed by atoms with E-state index in [1.54, 1.807) is 16.6 Å². The van der Waals surface area contributed by atoms with Crippen LogP contribution < -0.4 is 0 Å². The first-order valence-electron chi connectivity index (χ1n) is 8.56. The molecule has 0 fully saturated rings. The predicted molar refractivity (Wildman–Crippen MR) is 105 cm³/mol. The summed E-state index contributed by atoms with van der Waals surface area (Å²) in [5.41, 5.74) is 6.24. The third-order valence-electron chi connectivity index (χ3n) is 4.64. The van der Waals surface area contributed by atoms with Crippen molar-refractivity contribution < 1.29 is 4.79 Å². The van der Waals surface area contributed by atoms with E-state index >= 15 is 0 Å². The zero-order valence-electron chi connectivity index (χ0n) is 14.3. The topological polar surface area (TPSA) is 60.2 Å². The number of benzene rings is 2. The van der Waals surface area contributed by atoms with E-state index in [2.05, 4.69) is 21.1 Å². The fourth-order valence-corrected chi connectivity index (χ4v) is 3.20. The van der Waals surface area contributed by atoms with Crippen molar-refractivity contribution in [3.63, 3.8) is 0 Å². The fourth-order valence-electron chi connectivity index (χ4n) is 3.20. The summed E-state index contributed by atoms with van der Waals surface area (Å²) in [6.07, 6.45) is 8.27. The maximum Gasteiger partial charge on any atom is 0.162 e. The number of fused-ring (bicyclic) bond motifs is 2. The van der Waals surface area contributed by atoms with E-state index in [9.17, 15) is 4.79 Å². The van der Waals surface area contributed by atoms with E-state index in [4.69, 9.17) is 0 Å². The molecule has 0 saturated heterocycles. The molecule has 27 heavy (non-hydrogen) atoms. The minimum Gasteiger partial charge on any atom is -0.298 e. The molecular formula is C22H14N4O. The minimum absolute atomic E-state index is 0.651. The summed E-state index contributed by atoms with van der Waals surface area (Å²) in [7, 11) is 0. The second-order valence-electron chi connectivity index (χ2n) is 6.33. The van der Waals surface area contributed by atoms with Crippen LogP contribution in [-0.2, 0) is 0 Å². The Balaban J connectivity index is 1.59. The third-order valence-corrected chi connectivity index (χ3v) is 4.64. The molecular weight excluding hydrogens is 336 g/mol. The Morgan fingerprint density at radius 2 is 1.63 bits per heavy atom. The smallest absolute Gasteiger partial charge is 0.162 e. The van der Waals surface area contributed by atoms with Crippen LogP contribution in [0.2, 0.25) is 0 Å². The zero-order chi connectivity index (χ0) is 18.2. The molecule has 5 aromatic rings. The van der Waals surface area contributed by atoms with Gasteiger partial charge in [0.25, 0.3) is 0 Å². The lowest BCUT2D eigenvalue weighted by Crippen LogP contribution is -1.92. The average molecular weight is 350 g/mol. The van der Waals surface area contributed by atoms with Crippen molar-refractivity contribution in [1.82, 2.24) is 19.6 Å². The molecule has 5 rings (SSSR count). The van der Waals surface area contributed by atoms with Gasteiger partial charge in [0, 0.05) is 46.2 Å². The van der Waals surface area contributed by atoms with Crippen LogP contribution in [0.4, 0.5) is 0 Å². The second kappa shape index (κ2) is 6.14. The molecule has 0 N–H and O–H groups in total. The summed E-state index contributed by atoms with van der Waals surface area (Å²) in [6.45, 7) is 0. The molecule has 5 heteroatoms. The molecule has 0 aliphatic carbocycles. The van der Waals surface area contributed by atoms with Crippen LogP contribution in [0, 0.1) is 0 Å². The quantitative estimate of drug-likeness (QED) is 0.452. The molecule has 0 amide bonds. The minimum atomic E-state index is 0.651. The molecule has 0 atom stereocenters. The highest BCUT2D eigenvalue weighted by molar-refractivity contribution is 5.86. The molecule has 3 aromatic heterocycles. The number of carbonyl (C=O) groups is 1. The average Bonchev–Trinajstić information content (AvgIpc) is 3.17. The number of aldehydes is 1.